The van der Waals surface area contributed by atoms with Crippen molar-refractivity contribution in [2.45, 2.75) is 24.7 Å². The van der Waals surface area contributed by atoms with Gasteiger partial charge in [0.05, 0.1) is 12.0 Å². The van der Waals surface area contributed by atoms with Gasteiger partial charge in [-0.15, -0.1) is 0 Å². The molecule has 2 rings (SSSR count). The van der Waals surface area contributed by atoms with Crippen LogP contribution < -0.4 is 0 Å². The van der Waals surface area contributed by atoms with Crippen LogP contribution in [-0.2, 0) is 10.2 Å². The topological polar surface area (TPSA) is 74.6 Å². The van der Waals surface area contributed by atoms with E-state index in [9.17, 15) is 18.4 Å². The molecule has 0 aromatic heterocycles. The van der Waals surface area contributed by atoms with Crippen LogP contribution in [0.3, 0.4) is 0 Å². The van der Waals surface area contributed by atoms with Crippen LogP contribution in [0, 0.1) is 11.6 Å². The number of benzene rings is 1. The molecule has 0 amide bonds. The van der Waals surface area contributed by atoms with E-state index >= 15 is 0 Å². The lowest BCUT2D eigenvalue weighted by molar-refractivity contribution is -0.137. The van der Waals surface area contributed by atoms with Gasteiger partial charge in [-0.05, 0) is 24.5 Å². The fraction of sp³-hybridized carbons (Fsp3) is 0.333. The molecule has 0 heterocycles. The molecule has 1 fully saturated rings. The van der Waals surface area contributed by atoms with Crippen molar-refractivity contribution >= 4 is 11.9 Å². The first kappa shape index (κ1) is 12.5. The van der Waals surface area contributed by atoms with Gasteiger partial charge >= 0.3 is 11.9 Å². The van der Waals surface area contributed by atoms with Crippen molar-refractivity contribution in [3.05, 3.63) is 34.9 Å². The summed E-state index contributed by atoms with van der Waals surface area (Å²) in [5.41, 5.74) is -1.68. The highest BCUT2D eigenvalue weighted by molar-refractivity contribution is 5.88. The van der Waals surface area contributed by atoms with Crippen LogP contribution in [0.1, 0.15) is 35.2 Å². The summed E-state index contributed by atoms with van der Waals surface area (Å²) in [6.45, 7) is 0. The zero-order valence-electron chi connectivity index (χ0n) is 9.24. The molecule has 1 aliphatic rings. The first-order valence-corrected chi connectivity index (χ1v) is 5.31. The Morgan fingerprint density at radius 1 is 1.17 bits per heavy atom. The van der Waals surface area contributed by atoms with Crippen molar-refractivity contribution in [3.8, 4) is 0 Å². The Balaban J connectivity index is 2.45. The van der Waals surface area contributed by atoms with Crippen LogP contribution in [0.4, 0.5) is 8.78 Å². The standard InChI is InChI=1S/C12H10F2O4/c13-9-6(11(17)18)1-2-7(10(9)14)12(3-4-12)5-8(15)16/h1-2H,3-5H2,(H,15,16)(H,17,18). The SMILES string of the molecule is O=C(O)CC1(c2ccc(C(=O)O)c(F)c2F)CC1. The van der Waals surface area contributed by atoms with Gasteiger partial charge in [-0.1, -0.05) is 6.07 Å². The van der Waals surface area contributed by atoms with Crippen molar-refractivity contribution in [1.29, 1.82) is 0 Å². The minimum atomic E-state index is -1.55. The highest BCUT2D eigenvalue weighted by Gasteiger charge is 2.48. The molecule has 0 bridgehead atoms. The number of rotatable bonds is 4. The van der Waals surface area contributed by atoms with Gasteiger partial charge in [0.2, 0.25) is 0 Å². The molecule has 4 nitrogen and oxygen atoms in total. The van der Waals surface area contributed by atoms with Crippen LogP contribution in [0.5, 0.6) is 0 Å². The molecule has 0 spiro atoms. The van der Waals surface area contributed by atoms with Crippen molar-refractivity contribution < 1.29 is 28.6 Å². The van der Waals surface area contributed by atoms with E-state index in [-0.39, 0.29) is 12.0 Å². The molecule has 6 heteroatoms. The maximum absolute atomic E-state index is 13.8. The maximum Gasteiger partial charge on any atom is 0.338 e. The Kier molecular flexibility index (Phi) is 2.80. The molecule has 1 aromatic rings. The predicted octanol–water partition coefficient (Wildman–Crippen LogP) is 2.17. The van der Waals surface area contributed by atoms with Gasteiger partial charge in [0.25, 0.3) is 0 Å². The Labute approximate surface area is 101 Å². The second-order valence-corrected chi connectivity index (χ2v) is 4.44. The second-order valence-electron chi connectivity index (χ2n) is 4.44. The van der Waals surface area contributed by atoms with Gasteiger partial charge in [0.15, 0.2) is 11.6 Å². The summed E-state index contributed by atoms with van der Waals surface area (Å²) in [5, 5.41) is 17.4. The average molecular weight is 256 g/mol. The van der Waals surface area contributed by atoms with Crippen molar-refractivity contribution in [3.63, 3.8) is 0 Å². The van der Waals surface area contributed by atoms with E-state index in [1.54, 1.807) is 0 Å². The molecular formula is C12H10F2O4. The van der Waals surface area contributed by atoms with Gasteiger partial charge in [0.1, 0.15) is 0 Å². The van der Waals surface area contributed by atoms with Gasteiger partial charge in [0, 0.05) is 5.41 Å². The van der Waals surface area contributed by atoms with Gasteiger partial charge in [-0.3, -0.25) is 4.79 Å². The van der Waals surface area contributed by atoms with E-state index in [1.807, 2.05) is 0 Å². The van der Waals surface area contributed by atoms with Gasteiger partial charge in [-0.25, -0.2) is 13.6 Å². The molecule has 18 heavy (non-hydrogen) atoms. The Bertz CT molecular complexity index is 535. The van der Waals surface area contributed by atoms with E-state index in [1.165, 1.54) is 0 Å². The summed E-state index contributed by atoms with van der Waals surface area (Å²) in [6.07, 6.45) is 0.639. The fourth-order valence-corrected chi connectivity index (χ4v) is 2.11. The number of hydrogen-bond acceptors (Lipinski definition) is 2. The molecule has 0 radical (unpaired) electrons. The van der Waals surface area contributed by atoms with Crippen LogP contribution in [-0.4, -0.2) is 22.2 Å². The third-order valence-electron chi connectivity index (χ3n) is 3.23. The Hall–Kier alpha value is -1.98. The molecule has 2 N–H and O–H groups in total. The number of carbonyl (C=O) groups is 2. The van der Waals surface area contributed by atoms with Crippen LogP contribution in [0.25, 0.3) is 0 Å². The van der Waals surface area contributed by atoms with Crippen molar-refractivity contribution in [2.24, 2.45) is 0 Å². The van der Waals surface area contributed by atoms with E-state index in [4.69, 9.17) is 10.2 Å². The minimum absolute atomic E-state index is 0.0487. The molecular weight excluding hydrogens is 246 g/mol. The van der Waals surface area contributed by atoms with E-state index in [0.29, 0.717) is 12.8 Å². The molecule has 0 saturated heterocycles. The molecule has 0 unspecified atom stereocenters. The first-order valence-electron chi connectivity index (χ1n) is 5.31. The minimum Gasteiger partial charge on any atom is -0.481 e. The van der Waals surface area contributed by atoms with Crippen molar-refractivity contribution in [1.82, 2.24) is 0 Å². The smallest absolute Gasteiger partial charge is 0.338 e. The quantitative estimate of drug-likeness (QED) is 0.865. The normalized spacial score (nSPS) is 16.3. The molecule has 0 atom stereocenters. The first-order chi connectivity index (χ1) is 8.37. The lowest BCUT2D eigenvalue weighted by atomic mass is 9.91. The highest BCUT2D eigenvalue weighted by Crippen LogP contribution is 2.52. The zero-order chi connectivity index (χ0) is 13.5. The molecule has 96 valence electrons. The van der Waals surface area contributed by atoms with Gasteiger partial charge in [-0.2, -0.15) is 0 Å². The lowest BCUT2D eigenvalue weighted by Gasteiger charge is -2.15. The van der Waals surface area contributed by atoms with Crippen LogP contribution >= 0.6 is 0 Å². The molecule has 1 aliphatic carbocycles. The molecule has 1 aromatic carbocycles. The number of carboxylic acid groups (broad SMARTS) is 2. The predicted molar refractivity (Wildman–Crippen MR) is 56.5 cm³/mol. The van der Waals surface area contributed by atoms with Crippen LogP contribution in [0.2, 0.25) is 0 Å². The fourth-order valence-electron chi connectivity index (χ4n) is 2.11. The van der Waals surface area contributed by atoms with E-state index < -0.39 is 34.6 Å². The Morgan fingerprint density at radius 3 is 2.22 bits per heavy atom. The van der Waals surface area contributed by atoms with Crippen molar-refractivity contribution in [2.75, 3.05) is 0 Å². The van der Waals surface area contributed by atoms with Gasteiger partial charge < -0.3 is 10.2 Å². The summed E-state index contributed by atoms with van der Waals surface area (Å²) in [7, 11) is 0. The summed E-state index contributed by atoms with van der Waals surface area (Å²) < 4.78 is 27.3. The molecule has 0 aliphatic heterocycles. The Morgan fingerprint density at radius 2 is 1.78 bits per heavy atom. The maximum atomic E-state index is 13.8. The number of hydrogen-bond donors (Lipinski definition) is 2. The number of halogens is 2. The summed E-state index contributed by atoms with van der Waals surface area (Å²) in [6, 6.07) is 2.13. The summed E-state index contributed by atoms with van der Waals surface area (Å²) >= 11 is 0. The number of aromatic carboxylic acids is 1. The average Bonchev–Trinajstić information content (AvgIpc) is 3.01. The lowest BCUT2D eigenvalue weighted by Crippen LogP contribution is -2.17. The van der Waals surface area contributed by atoms with Crippen LogP contribution in [0.15, 0.2) is 12.1 Å². The second kappa shape index (κ2) is 4.04. The third kappa shape index (κ3) is 1.94. The highest BCUT2D eigenvalue weighted by atomic mass is 19.2. The van der Waals surface area contributed by atoms with E-state index in [0.717, 1.165) is 12.1 Å². The molecule has 1 saturated carbocycles. The zero-order valence-corrected chi connectivity index (χ0v) is 9.24. The largest absolute Gasteiger partial charge is 0.481 e. The number of carboxylic acids is 2. The van der Waals surface area contributed by atoms with E-state index in [2.05, 4.69) is 0 Å². The summed E-state index contributed by atoms with van der Waals surface area (Å²) in [4.78, 5) is 21.3. The third-order valence-corrected chi connectivity index (χ3v) is 3.23. The monoisotopic (exact) mass is 256 g/mol. The number of aliphatic carboxylic acids is 1. The summed E-state index contributed by atoms with van der Waals surface area (Å²) in [5.74, 6) is -5.33.